The lowest BCUT2D eigenvalue weighted by Gasteiger charge is -2.05. The highest BCUT2D eigenvalue weighted by atomic mass is 79.9. The lowest BCUT2D eigenvalue weighted by molar-refractivity contribution is 0.574. The van der Waals surface area contributed by atoms with Crippen molar-refractivity contribution in [2.75, 3.05) is 5.75 Å². The van der Waals surface area contributed by atoms with Crippen LogP contribution in [0.5, 0.6) is 0 Å². The number of hydrogen-bond acceptors (Lipinski definition) is 3. The van der Waals surface area contributed by atoms with Crippen molar-refractivity contribution in [3.8, 4) is 0 Å². The van der Waals surface area contributed by atoms with E-state index in [9.17, 15) is 8.42 Å². The van der Waals surface area contributed by atoms with E-state index >= 15 is 0 Å². The predicted molar refractivity (Wildman–Crippen MR) is 63.5 cm³/mol. The van der Waals surface area contributed by atoms with Gasteiger partial charge in [-0.2, -0.15) is 9.19 Å². The molecule has 0 unspecified atom stereocenters. The van der Waals surface area contributed by atoms with Gasteiger partial charge in [-0.25, -0.2) is 8.42 Å². The summed E-state index contributed by atoms with van der Waals surface area (Å²) in [5, 5.41) is 4.02. The third kappa shape index (κ3) is 2.60. The molecule has 0 aliphatic rings. The molecule has 0 N–H and O–H groups in total. The van der Waals surface area contributed by atoms with Gasteiger partial charge in [0.2, 0.25) is 0 Å². The third-order valence-corrected chi connectivity index (χ3v) is 5.02. The first-order valence-electron chi connectivity index (χ1n) is 4.85. The van der Waals surface area contributed by atoms with Gasteiger partial charge in [-0.1, -0.05) is 13.3 Å². The summed E-state index contributed by atoms with van der Waals surface area (Å²) in [7, 11) is -3.28. The summed E-state index contributed by atoms with van der Waals surface area (Å²) in [6.45, 7) is 5.49. The smallest absolute Gasteiger partial charge is 0.205 e. The Morgan fingerprint density at radius 2 is 2.00 bits per heavy atom. The monoisotopic (exact) mass is 294 g/mol. The molecule has 1 rings (SSSR count). The Bertz CT molecular complexity index is 451. The lowest BCUT2D eigenvalue weighted by Crippen LogP contribution is -2.19. The van der Waals surface area contributed by atoms with Crippen LogP contribution in [0.15, 0.2) is 4.47 Å². The molecule has 0 spiro atoms. The second-order valence-corrected chi connectivity index (χ2v) is 6.21. The second kappa shape index (κ2) is 4.65. The first-order chi connectivity index (χ1) is 6.90. The van der Waals surface area contributed by atoms with E-state index in [1.807, 2.05) is 6.92 Å². The molecular formula is C9H15BrN2O2S. The van der Waals surface area contributed by atoms with E-state index in [-0.39, 0.29) is 5.75 Å². The summed E-state index contributed by atoms with van der Waals surface area (Å²) in [5.41, 5.74) is 1.34. The summed E-state index contributed by atoms with van der Waals surface area (Å²) >= 11 is 3.31. The summed E-state index contributed by atoms with van der Waals surface area (Å²) in [6.07, 6.45) is 1.53. The Morgan fingerprint density at radius 1 is 1.40 bits per heavy atom. The molecule has 6 heteroatoms. The van der Waals surface area contributed by atoms with E-state index in [0.717, 1.165) is 15.0 Å². The molecule has 15 heavy (non-hydrogen) atoms. The van der Waals surface area contributed by atoms with Crippen LogP contribution in [0.1, 0.15) is 31.2 Å². The van der Waals surface area contributed by atoms with E-state index in [1.165, 1.54) is 0 Å². The molecule has 0 saturated heterocycles. The largest absolute Gasteiger partial charge is 0.254 e. The molecule has 0 saturated carbocycles. The number of unbranched alkanes of at least 4 members (excludes halogenated alkanes) is 1. The second-order valence-electron chi connectivity index (χ2n) is 3.50. The Labute approximate surface area is 98.9 Å². The fraction of sp³-hybridized carbons (Fsp3) is 0.667. The van der Waals surface area contributed by atoms with Crippen LogP contribution >= 0.6 is 15.9 Å². The van der Waals surface area contributed by atoms with Crippen molar-refractivity contribution in [2.45, 2.75) is 33.6 Å². The molecule has 0 aromatic carbocycles. The van der Waals surface area contributed by atoms with E-state index in [1.54, 1.807) is 13.8 Å². The summed E-state index contributed by atoms with van der Waals surface area (Å²) < 4.78 is 25.6. The van der Waals surface area contributed by atoms with Gasteiger partial charge in [-0.05, 0) is 36.2 Å². The van der Waals surface area contributed by atoms with Crippen LogP contribution in [0, 0.1) is 13.8 Å². The van der Waals surface area contributed by atoms with Crippen LogP contribution in [0.4, 0.5) is 0 Å². The molecule has 1 heterocycles. The Balaban J connectivity index is 3.11. The topological polar surface area (TPSA) is 52.0 Å². The lowest BCUT2D eigenvalue weighted by atomic mass is 10.4. The minimum atomic E-state index is -3.28. The summed E-state index contributed by atoms with van der Waals surface area (Å²) in [5.74, 6) is 0.151. The van der Waals surface area contributed by atoms with Gasteiger partial charge >= 0.3 is 0 Å². The zero-order chi connectivity index (χ0) is 11.6. The van der Waals surface area contributed by atoms with Crippen molar-refractivity contribution in [1.82, 2.24) is 9.19 Å². The van der Waals surface area contributed by atoms with Crippen molar-refractivity contribution in [3.05, 3.63) is 15.9 Å². The van der Waals surface area contributed by atoms with Crippen LogP contribution in [0.3, 0.4) is 0 Å². The van der Waals surface area contributed by atoms with Gasteiger partial charge in [0.05, 0.1) is 21.6 Å². The summed E-state index contributed by atoms with van der Waals surface area (Å²) in [4.78, 5) is 0. The minimum Gasteiger partial charge on any atom is -0.205 e. The van der Waals surface area contributed by atoms with Crippen molar-refractivity contribution in [3.63, 3.8) is 0 Å². The van der Waals surface area contributed by atoms with Gasteiger partial charge in [0.15, 0.2) is 0 Å². The molecule has 0 bridgehead atoms. The highest BCUT2D eigenvalue weighted by molar-refractivity contribution is 9.10. The number of aromatic nitrogens is 2. The van der Waals surface area contributed by atoms with Crippen molar-refractivity contribution in [1.29, 1.82) is 0 Å². The van der Waals surface area contributed by atoms with E-state index < -0.39 is 10.0 Å². The van der Waals surface area contributed by atoms with Crippen LogP contribution in [-0.4, -0.2) is 23.4 Å². The predicted octanol–water partition coefficient (Wildman–Crippen LogP) is 2.24. The van der Waals surface area contributed by atoms with Gasteiger partial charge in [0.1, 0.15) is 0 Å². The van der Waals surface area contributed by atoms with Crippen molar-refractivity contribution in [2.24, 2.45) is 0 Å². The average Bonchev–Trinajstić information content (AvgIpc) is 2.43. The fourth-order valence-electron chi connectivity index (χ4n) is 1.28. The quantitative estimate of drug-likeness (QED) is 0.856. The molecule has 0 atom stereocenters. The molecule has 0 fully saturated rings. The Hall–Kier alpha value is -0.360. The van der Waals surface area contributed by atoms with Crippen LogP contribution in [-0.2, 0) is 10.0 Å². The van der Waals surface area contributed by atoms with Crippen LogP contribution < -0.4 is 0 Å². The van der Waals surface area contributed by atoms with E-state index in [4.69, 9.17) is 0 Å². The normalized spacial score (nSPS) is 12.0. The number of rotatable bonds is 4. The first-order valence-corrected chi connectivity index (χ1v) is 7.25. The molecule has 0 aliphatic carbocycles. The third-order valence-electron chi connectivity index (χ3n) is 2.18. The number of hydrogen-bond donors (Lipinski definition) is 0. The molecule has 0 amide bonds. The highest BCUT2D eigenvalue weighted by Gasteiger charge is 2.19. The highest BCUT2D eigenvalue weighted by Crippen LogP contribution is 2.21. The van der Waals surface area contributed by atoms with Gasteiger partial charge in [0.25, 0.3) is 10.0 Å². The van der Waals surface area contributed by atoms with E-state index in [0.29, 0.717) is 17.8 Å². The number of aryl methyl sites for hydroxylation is 1. The zero-order valence-corrected chi connectivity index (χ0v) is 11.5. The number of halogens is 1. The van der Waals surface area contributed by atoms with Crippen molar-refractivity contribution < 1.29 is 8.42 Å². The standard InChI is InChI=1S/C9H15BrN2O2S/c1-4-5-6-15(13,14)12-8(3)9(10)7(2)11-12/h4-6H2,1-3H3. The zero-order valence-electron chi connectivity index (χ0n) is 9.12. The fourth-order valence-corrected chi connectivity index (χ4v) is 3.23. The first kappa shape index (κ1) is 12.7. The SMILES string of the molecule is CCCCS(=O)(=O)n1nc(C)c(Br)c1C. The minimum absolute atomic E-state index is 0.151. The Morgan fingerprint density at radius 3 is 2.40 bits per heavy atom. The van der Waals surface area contributed by atoms with E-state index in [2.05, 4.69) is 21.0 Å². The molecule has 86 valence electrons. The maximum Gasteiger partial charge on any atom is 0.254 e. The maximum atomic E-state index is 11.9. The van der Waals surface area contributed by atoms with Gasteiger partial charge < -0.3 is 0 Å². The molecule has 0 aliphatic heterocycles. The van der Waals surface area contributed by atoms with Crippen LogP contribution in [0.25, 0.3) is 0 Å². The number of nitrogens with zero attached hydrogens (tertiary/aromatic N) is 2. The molecular weight excluding hydrogens is 280 g/mol. The molecule has 1 aromatic heterocycles. The van der Waals surface area contributed by atoms with Gasteiger partial charge in [0, 0.05) is 0 Å². The Kier molecular flexibility index (Phi) is 3.94. The molecule has 0 radical (unpaired) electrons. The molecule has 1 aromatic rings. The average molecular weight is 295 g/mol. The van der Waals surface area contributed by atoms with Crippen LogP contribution in [0.2, 0.25) is 0 Å². The molecule has 4 nitrogen and oxygen atoms in total. The van der Waals surface area contributed by atoms with Gasteiger partial charge in [-0.15, -0.1) is 0 Å². The summed E-state index contributed by atoms with van der Waals surface area (Å²) in [6, 6.07) is 0. The van der Waals surface area contributed by atoms with Gasteiger partial charge in [-0.3, -0.25) is 0 Å². The van der Waals surface area contributed by atoms with Crippen molar-refractivity contribution >= 4 is 26.0 Å². The maximum absolute atomic E-state index is 11.9.